The number of nitrogens with zero attached hydrogens (tertiary/aromatic N) is 1. The first-order valence-electron chi connectivity index (χ1n) is 6.91. The van der Waals surface area contributed by atoms with Crippen molar-refractivity contribution in [3.05, 3.63) is 52.6 Å². The zero-order valence-electron chi connectivity index (χ0n) is 11.9. The predicted octanol–water partition coefficient (Wildman–Crippen LogP) is 4.19. The minimum absolute atomic E-state index is 0.0578. The number of carbonyl (C=O) groups excluding carboxylic acids is 1. The average Bonchev–Trinajstić information content (AvgIpc) is 2.48. The second-order valence-electron chi connectivity index (χ2n) is 4.71. The summed E-state index contributed by atoms with van der Waals surface area (Å²) in [5, 5.41) is 6.12. The highest BCUT2D eigenvalue weighted by Crippen LogP contribution is 2.13. The molecule has 0 saturated carbocycles. The summed E-state index contributed by atoms with van der Waals surface area (Å²) in [7, 11) is 0. The Balaban J connectivity index is 1.87. The largest absolute Gasteiger partial charge is 0.366 e. The minimum Gasteiger partial charge on any atom is -0.366 e. The molecule has 2 rings (SSSR count). The summed E-state index contributed by atoms with van der Waals surface area (Å²) < 4.78 is 0.959. The van der Waals surface area contributed by atoms with Crippen molar-refractivity contribution in [3.63, 3.8) is 0 Å². The highest BCUT2D eigenvalue weighted by molar-refractivity contribution is 9.10. The quantitative estimate of drug-likeness (QED) is 0.823. The smallest absolute Gasteiger partial charge is 0.224 e. The molecule has 0 spiro atoms. The van der Waals surface area contributed by atoms with Gasteiger partial charge in [-0.25, -0.2) is 4.98 Å². The van der Waals surface area contributed by atoms with Crippen LogP contribution in [0.2, 0.25) is 0 Å². The standard InChI is InChI=1S/C16H18BrN3O/c1-2-3-16(21)20-14-7-4-12(5-8-14)10-18-15-9-6-13(17)11-19-15/h4-9,11H,2-3,10H2,1H3,(H,18,19)(H,20,21). The number of benzene rings is 1. The molecule has 1 aromatic heterocycles. The van der Waals surface area contributed by atoms with Crippen LogP contribution in [-0.2, 0) is 11.3 Å². The molecule has 0 saturated heterocycles. The van der Waals surface area contributed by atoms with Crippen LogP contribution < -0.4 is 10.6 Å². The van der Waals surface area contributed by atoms with E-state index in [9.17, 15) is 4.79 Å². The van der Waals surface area contributed by atoms with Gasteiger partial charge in [-0.3, -0.25) is 4.79 Å². The van der Waals surface area contributed by atoms with Crippen LogP contribution in [0.25, 0.3) is 0 Å². The van der Waals surface area contributed by atoms with Crippen LogP contribution in [0.4, 0.5) is 11.5 Å². The molecule has 21 heavy (non-hydrogen) atoms. The highest BCUT2D eigenvalue weighted by Gasteiger charge is 2.01. The number of hydrogen-bond donors (Lipinski definition) is 2. The van der Waals surface area contributed by atoms with Gasteiger partial charge in [0.1, 0.15) is 5.82 Å². The monoisotopic (exact) mass is 347 g/mol. The molecule has 5 heteroatoms. The van der Waals surface area contributed by atoms with Gasteiger partial charge in [-0.2, -0.15) is 0 Å². The molecule has 110 valence electrons. The number of nitrogens with one attached hydrogen (secondary N) is 2. The van der Waals surface area contributed by atoms with Crippen molar-refractivity contribution in [2.24, 2.45) is 0 Å². The molecule has 1 heterocycles. The zero-order chi connectivity index (χ0) is 15.1. The van der Waals surface area contributed by atoms with Gasteiger partial charge in [0.05, 0.1) is 0 Å². The van der Waals surface area contributed by atoms with E-state index in [1.807, 2.05) is 43.3 Å². The summed E-state index contributed by atoms with van der Waals surface area (Å²) in [6.45, 7) is 2.68. The number of halogens is 1. The van der Waals surface area contributed by atoms with Gasteiger partial charge in [-0.15, -0.1) is 0 Å². The number of hydrogen-bond acceptors (Lipinski definition) is 3. The van der Waals surface area contributed by atoms with Crippen LogP contribution in [0.3, 0.4) is 0 Å². The first-order chi connectivity index (χ1) is 10.2. The van der Waals surface area contributed by atoms with Gasteiger partial charge in [0.2, 0.25) is 5.91 Å². The van der Waals surface area contributed by atoms with Crippen LogP contribution in [0.5, 0.6) is 0 Å². The summed E-state index contributed by atoms with van der Waals surface area (Å²) in [4.78, 5) is 15.8. The molecular weight excluding hydrogens is 330 g/mol. The van der Waals surface area contributed by atoms with Crippen LogP contribution in [0.15, 0.2) is 47.1 Å². The van der Waals surface area contributed by atoms with Gasteiger partial charge in [0, 0.05) is 29.3 Å². The number of amides is 1. The van der Waals surface area contributed by atoms with E-state index in [1.165, 1.54) is 0 Å². The molecule has 2 N–H and O–H groups in total. The molecule has 1 amide bonds. The van der Waals surface area contributed by atoms with Crippen LogP contribution in [0, 0.1) is 0 Å². The molecule has 4 nitrogen and oxygen atoms in total. The fourth-order valence-electron chi connectivity index (χ4n) is 1.83. The Morgan fingerprint density at radius 3 is 2.57 bits per heavy atom. The number of aromatic nitrogens is 1. The summed E-state index contributed by atoms with van der Waals surface area (Å²) in [5.74, 6) is 0.890. The lowest BCUT2D eigenvalue weighted by Crippen LogP contribution is -2.10. The van der Waals surface area contributed by atoms with E-state index in [-0.39, 0.29) is 5.91 Å². The van der Waals surface area contributed by atoms with E-state index >= 15 is 0 Å². The first-order valence-corrected chi connectivity index (χ1v) is 7.71. The van der Waals surface area contributed by atoms with Gasteiger partial charge >= 0.3 is 0 Å². The summed E-state index contributed by atoms with van der Waals surface area (Å²) in [6, 6.07) is 11.7. The first kappa shape index (κ1) is 15.5. The highest BCUT2D eigenvalue weighted by atomic mass is 79.9. The van der Waals surface area contributed by atoms with Crippen molar-refractivity contribution < 1.29 is 4.79 Å². The lowest BCUT2D eigenvalue weighted by molar-refractivity contribution is -0.116. The van der Waals surface area contributed by atoms with Crippen LogP contribution in [-0.4, -0.2) is 10.9 Å². The van der Waals surface area contributed by atoms with Gasteiger partial charge in [0.15, 0.2) is 0 Å². The van der Waals surface area contributed by atoms with E-state index in [0.717, 1.165) is 28.0 Å². The Kier molecular flexibility index (Phi) is 5.75. The van der Waals surface area contributed by atoms with E-state index in [2.05, 4.69) is 31.5 Å². The van der Waals surface area contributed by atoms with Crippen molar-refractivity contribution in [3.8, 4) is 0 Å². The SMILES string of the molecule is CCCC(=O)Nc1ccc(CNc2ccc(Br)cn2)cc1. The normalized spacial score (nSPS) is 10.2. The molecule has 0 bridgehead atoms. The lowest BCUT2D eigenvalue weighted by Gasteiger charge is -2.08. The molecule has 2 aromatic rings. The van der Waals surface area contributed by atoms with Crippen molar-refractivity contribution in [2.45, 2.75) is 26.3 Å². The van der Waals surface area contributed by atoms with Crippen LogP contribution in [0.1, 0.15) is 25.3 Å². The fraction of sp³-hybridized carbons (Fsp3) is 0.250. The molecule has 0 radical (unpaired) electrons. The lowest BCUT2D eigenvalue weighted by atomic mass is 10.2. The van der Waals surface area contributed by atoms with Crippen molar-refractivity contribution >= 4 is 33.3 Å². The Morgan fingerprint density at radius 1 is 1.19 bits per heavy atom. The van der Waals surface area contributed by atoms with Crippen LogP contribution >= 0.6 is 15.9 Å². The van der Waals surface area contributed by atoms with Crippen molar-refractivity contribution in [1.29, 1.82) is 0 Å². The predicted molar refractivity (Wildman–Crippen MR) is 89.2 cm³/mol. The number of anilines is 2. The fourth-order valence-corrected chi connectivity index (χ4v) is 2.06. The Hall–Kier alpha value is -1.88. The zero-order valence-corrected chi connectivity index (χ0v) is 13.5. The number of rotatable bonds is 6. The topological polar surface area (TPSA) is 54.0 Å². The third kappa shape index (κ3) is 5.19. The van der Waals surface area contributed by atoms with E-state index in [0.29, 0.717) is 13.0 Å². The Bertz CT molecular complexity index is 581. The van der Waals surface area contributed by atoms with Crippen molar-refractivity contribution in [1.82, 2.24) is 4.98 Å². The molecular formula is C16H18BrN3O. The van der Waals surface area contributed by atoms with E-state index in [4.69, 9.17) is 0 Å². The third-order valence-corrected chi connectivity index (χ3v) is 3.38. The Morgan fingerprint density at radius 2 is 1.95 bits per heavy atom. The molecule has 0 fully saturated rings. The van der Waals surface area contributed by atoms with Gasteiger partial charge in [-0.1, -0.05) is 19.1 Å². The Labute approximate surface area is 133 Å². The van der Waals surface area contributed by atoms with Gasteiger partial charge in [-0.05, 0) is 52.2 Å². The number of carbonyl (C=O) groups is 1. The van der Waals surface area contributed by atoms with E-state index in [1.54, 1.807) is 6.20 Å². The number of pyridine rings is 1. The van der Waals surface area contributed by atoms with E-state index < -0.39 is 0 Å². The average molecular weight is 348 g/mol. The molecule has 1 aromatic carbocycles. The third-order valence-electron chi connectivity index (χ3n) is 2.92. The molecule has 0 unspecified atom stereocenters. The van der Waals surface area contributed by atoms with Gasteiger partial charge < -0.3 is 10.6 Å². The summed E-state index contributed by atoms with van der Waals surface area (Å²) in [6.07, 6.45) is 3.17. The molecule has 0 aliphatic carbocycles. The summed E-state index contributed by atoms with van der Waals surface area (Å²) in [5.41, 5.74) is 1.96. The maximum Gasteiger partial charge on any atom is 0.224 e. The maximum atomic E-state index is 11.5. The molecule has 0 atom stereocenters. The van der Waals surface area contributed by atoms with Gasteiger partial charge in [0.25, 0.3) is 0 Å². The molecule has 0 aliphatic heterocycles. The minimum atomic E-state index is 0.0578. The maximum absolute atomic E-state index is 11.5. The second kappa shape index (κ2) is 7.78. The molecule has 0 aliphatic rings. The van der Waals surface area contributed by atoms with Crippen molar-refractivity contribution in [2.75, 3.05) is 10.6 Å². The summed E-state index contributed by atoms with van der Waals surface area (Å²) >= 11 is 3.36. The second-order valence-corrected chi connectivity index (χ2v) is 5.63.